The topological polar surface area (TPSA) is 66.4 Å². The van der Waals surface area contributed by atoms with E-state index in [1.54, 1.807) is 13.8 Å². The Morgan fingerprint density at radius 1 is 1.38 bits per heavy atom. The van der Waals surface area contributed by atoms with Crippen molar-refractivity contribution in [3.8, 4) is 0 Å². The Hall–Kier alpha value is -1.20. The fourth-order valence-electron chi connectivity index (χ4n) is 1.14. The zero-order valence-electron chi connectivity index (χ0n) is 9.80. The highest BCUT2D eigenvalue weighted by atomic mass is 19.3. The van der Waals surface area contributed by atoms with E-state index in [9.17, 15) is 18.4 Å². The van der Waals surface area contributed by atoms with Crippen LogP contribution in [0.5, 0.6) is 0 Å². The molecule has 0 saturated carbocycles. The second-order valence-corrected chi connectivity index (χ2v) is 4.16. The van der Waals surface area contributed by atoms with Gasteiger partial charge in [0.05, 0.1) is 0 Å². The third kappa shape index (κ3) is 3.15. The largest absolute Gasteiger partial charge is 0.480 e. The quantitative estimate of drug-likeness (QED) is 0.764. The lowest BCUT2D eigenvalue weighted by molar-refractivity contribution is -0.155. The first kappa shape index (κ1) is 14.8. The number of carboxylic acid groups (broad SMARTS) is 1. The Kier molecular flexibility index (Phi) is 4.40. The summed E-state index contributed by atoms with van der Waals surface area (Å²) in [5.41, 5.74) is -1.68. The Bertz CT molecular complexity index is 288. The molecule has 0 aromatic rings. The van der Waals surface area contributed by atoms with Gasteiger partial charge in [-0.25, -0.2) is 4.79 Å². The van der Waals surface area contributed by atoms with Crippen molar-refractivity contribution in [2.45, 2.75) is 45.6 Å². The molecular formula is C10H17F2NO3. The van der Waals surface area contributed by atoms with Gasteiger partial charge < -0.3 is 10.4 Å². The fourth-order valence-corrected chi connectivity index (χ4v) is 1.14. The molecule has 0 aliphatic carbocycles. The molecule has 0 rings (SSSR count). The van der Waals surface area contributed by atoms with Crippen molar-refractivity contribution >= 4 is 11.9 Å². The van der Waals surface area contributed by atoms with Gasteiger partial charge >= 0.3 is 11.9 Å². The van der Waals surface area contributed by atoms with E-state index in [1.807, 2.05) is 5.32 Å². The maximum Gasteiger partial charge on any atom is 0.329 e. The molecule has 94 valence electrons. The maximum atomic E-state index is 12.7. The number of carboxylic acids is 1. The summed E-state index contributed by atoms with van der Waals surface area (Å²) >= 11 is 0. The molecule has 1 unspecified atom stereocenters. The van der Waals surface area contributed by atoms with Gasteiger partial charge in [-0.3, -0.25) is 4.79 Å². The van der Waals surface area contributed by atoms with Crippen molar-refractivity contribution in [2.75, 3.05) is 0 Å². The van der Waals surface area contributed by atoms with E-state index in [4.69, 9.17) is 5.11 Å². The normalized spacial score (nSPS) is 17.4. The van der Waals surface area contributed by atoms with Gasteiger partial charge in [-0.05, 0) is 12.8 Å². The van der Waals surface area contributed by atoms with Gasteiger partial charge in [-0.2, -0.15) is 8.78 Å². The summed E-state index contributed by atoms with van der Waals surface area (Å²) in [6.45, 7) is 4.97. The molecule has 6 heteroatoms. The third-order valence-corrected chi connectivity index (χ3v) is 2.81. The SMILES string of the molecule is CC[C@H](C)C(C)(NC(=O)C(C)(F)F)C(=O)O. The van der Waals surface area contributed by atoms with Crippen LogP contribution in [-0.4, -0.2) is 28.4 Å². The van der Waals surface area contributed by atoms with Crippen molar-refractivity contribution in [1.82, 2.24) is 5.32 Å². The molecule has 0 radical (unpaired) electrons. The second-order valence-electron chi connectivity index (χ2n) is 4.16. The van der Waals surface area contributed by atoms with Crippen LogP contribution in [0.1, 0.15) is 34.1 Å². The van der Waals surface area contributed by atoms with Crippen LogP contribution in [0.4, 0.5) is 8.78 Å². The fraction of sp³-hybridized carbons (Fsp3) is 0.800. The first-order chi connectivity index (χ1) is 7.05. The molecule has 0 aliphatic heterocycles. The summed E-state index contributed by atoms with van der Waals surface area (Å²) < 4.78 is 25.3. The summed E-state index contributed by atoms with van der Waals surface area (Å²) in [5, 5.41) is 10.9. The van der Waals surface area contributed by atoms with E-state index in [2.05, 4.69) is 0 Å². The average Bonchev–Trinajstić information content (AvgIpc) is 2.14. The standard InChI is InChI=1S/C10H17F2NO3/c1-5-6(2)9(3,8(15)16)13-7(14)10(4,11)12/h6H,5H2,1-4H3,(H,13,14)(H,15,16)/t6-,9?/m0/s1. The smallest absolute Gasteiger partial charge is 0.329 e. The number of alkyl halides is 2. The number of hydrogen-bond acceptors (Lipinski definition) is 2. The lowest BCUT2D eigenvalue weighted by Gasteiger charge is -2.32. The number of amides is 1. The molecule has 0 heterocycles. The van der Waals surface area contributed by atoms with Crippen LogP contribution in [0.25, 0.3) is 0 Å². The van der Waals surface area contributed by atoms with Crippen LogP contribution in [0.3, 0.4) is 0 Å². The number of carbonyl (C=O) groups is 2. The van der Waals surface area contributed by atoms with Gasteiger partial charge in [-0.1, -0.05) is 20.3 Å². The Morgan fingerprint density at radius 3 is 2.06 bits per heavy atom. The van der Waals surface area contributed by atoms with Crippen molar-refractivity contribution in [3.05, 3.63) is 0 Å². The summed E-state index contributed by atoms with van der Waals surface area (Å²) in [4.78, 5) is 22.1. The minimum Gasteiger partial charge on any atom is -0.480 e. The molecule has 0 spiro atoms. The summed E-state index contributed by atoms with van der Waals surface area (Å²) in [5.74, 6) is -6.92. The zero-order valence-corrected chi connectivity index (χ0v) is 9.80. The molecule has 16 heavy (non-hydrogen) atoms. The van der Waals surface area contributed by atoms with E-state index < -0.39 is 29.3 Å². The molecular weight excluding hydrogens is 220 g/mol. The van der Waals surface area contributed by atoms with Crippen molar-refractivity contribution in [2.24, 2.45) is 5.92 Å². The van der Waals surface area contributed by atoms with E-state index in [0.29, 0.717) is 13.3 Å². The van der Waals surface area contributed by atoms with Crippen LogP contribution in [0.15, 0.2) is 0 Å². The molecule has 0 aromatic heterocycles. The first-order valence-electron chi connectivity index (χ1n) is 4.99. The molecule has 1 amide bonds. The van der Waals surface area contributed by atoms with Gasteiger partial charge in [-0.15, -0.1) is 0 Å². The van der Waals surface area contributed by atoms with Gasteiger partial charge in [0.1, 0.15) is 5.54 Å². The Morgan fingerprint density at radius 2 is 1.81 bits per heavy atom. The van der Waals surface area contributed by atoms with Crippen LogP contribution >= 0.6 is 0 Å². The zero-order chi connectivity index (χ0) is 13.1. The van der Waals surface area contributed by atoms with Crippen LogP contribution < -0.4 is 5.32 Å². The average molecular weight is 237 g/mol. The summed E-state index contributed by atoms with van der Waals surface area (Å²) in [6, 6.07) is 0. The molecule has 2 atom stereocenters. The third-order valence-electron chi connectivity index (χ3n) is 2.81. The Balaban J connectivity index is 4.98. The molecule has 0 bridgehead atoms. The molecule has 4 nitrogen and oxygen atoms in total. The minimum atomic E-state index is -3.58. The minimum absolute atomic E-state index is 0.432. The number of aliphatic carboxylic acids is 1. The van der Waals surface area contributed by atoms with Gasteiger partial charge in [0.2, 0.25) is 0 Å². The molecule has 2 N–H and O–H groups in total. The van der Waals surface area contributed by atoms with Gasteiger partial charge in [0.15, 0.2) is 0 Å². The second kappa shape index (κ2) is 4.76. The number of rotatable bonds is 5. The van der Waals surface area contributed by atoms with Gasteiger partial charge in [0, 0.05) is 6.92 Å². The van der Waals surface area contributed by atoms with Crippen LogP contribution in [-0.2, 0) is 9.59 Å². The van der Waals surface area contributed by atoms with E-state index in [1.165, 1.54) is 6.92 Å². The first-order valence-corrected chi connectivity index (χ1v) is 4.99. The monoisotopic (exact) mass is 237 g/mol. The predicted octanol–water partition coefficient (Wildman–Crippen LogP) is 1.65. The lowest BCUT2D eigenvalue weighted by atomic mass is 9.85. The van der Waals surface area contributed by atoms with Crippen molar-refractivity contribution < 1.29 is 23.5 Å². The van der Waals surface area contributed by atoms with Crippen molar-refractivity contribution in [1.29, 1.82) is 0 Å². The molecule has 0 fully saturated rings. The highest BCUT2D eigenvalue weighted by Gasteiger charge is 2.44. The van der Waals surface area contributed by atoms with Gasteiger partial charge in [0.25, 0.3) is 5.91 Å². The summed E-state index contributed by atoms with van der Waals surface area (Å²) in [6.07, 6.45) is 0.457. The Labute approximate surface area is 93.0 Å². The van der Waals surface area contributed by atoms with E-state index in [-0.39, 0.29) is 0 Å². The van der Waals surface area contributed by atoms with Crippen LogP contribution in [0.2, 0.25) is 0 Å². The number of halogens is 2. The molecule has 0 aromatic carbocycles. The lowest BCUT2D eigenvalue weighted by Crippen LogP contribution is -2.59. The molecule has 0 aliphatic rings. The number of carbonyl (C=O) groups excluding carboxylic acids is 1. The number of hydrogen-bond donors (Lipinski definition) is 2. The van der Waals surface area contributed by atoms with E-state index in [0.717, 1.165) is 0 Å². The van der Waals surface area contributed by atoms with Crippen LogP contribution in [0, 0.1) is 5.92 Å². The van der Waals surface area contributed by atoms with Crippen molar-refractivity contribution in [3.63, 3.8) is 0 Å². The maximum absolute atomic E-state index is 12.7. The highest BCUT2D eigenvalue weighted by Crippen LogP contribution is 2.23. The highest BCUT2D eigenvalue weighted by molar-refractivity contribution is 5.90. The predicted molar refractivity (Wildman–Crippen MR) is 54.3 cm³/mol. The number of nitrogens with one attached hydrogen (secondary N) is 1. The van der Waals surface area contributed by atoms with E-state index >= 15 is 0 Å². The summed E-state index contributed by atoms with van der Waals surface area (Å²) in [7, 11) is 0. The molecule has 0 saturated heterocycles.